The van der Waals surface area contributed by atoms with Gasteiger partial charge in [-0.1, -0.05) is 97.1 Å². The topological polar surface area (TPSA) is 106 Å². The minimum absolute atomic E-state index is 0.109. The highest BCUT2D eigenvalue weighted by Gasteiger charge is 2.45. The van der Waals surface area contributed by atoms with Gasteiger partial charge >= 0.3 is 6.09 Å². The lowest BCUT2D eigenvalue weighted by Gasteiger charge is -2.40. The number of para-hydroxylation sites is 1. The van der Waals surface area contributed by atoms with E-state index in [1.54, 1.807) is 6.92 Å². The zero-order chi connectivity index (χ0) is 30.0. The van der Waals surface area contributed by atoms with Crippen LogP contribution in [0.3, 0.4) is 0 Å². The molecule has 4 aromatic carbocycles. The van der Waals surface area contributed by atoms with Crippen LogP contribution >= 0.6 is 0 Å². The first-order valence-electron chi connectivity index (χ1n) is 14.6. The number of hydrogen-bond acceptors (Lipinski definition) is 3. The molecule has 7 heteroatoms. The number of hydrogen-bond donors (Lipinski definition) is 4. The second-order valence-corrected chi connectivity index (χ2v) is 11.4. The van der Waals surface area contributed by atoms with E-state index in [2.05, 4.69) is 22.4 Å². The third-order valence-electron chi connectivity index (χ3n) is 8.85. The predicted molar refractivity (Wildman–Crippen MR) is 168 cm³/mol. The molecule has 1 aromatic heterocycles. The minimum atomic E-state index is -1.46. The summed E-state index contributed by atoms with van der Waals surface area (Å²) in [7, 11) is 0. The molecule has 218 valence electrons. The number of carbonyl (C=O) groups is 2. The van der Waals surface area contributed by atoms with Gasteiger partial charge in [0.2, 0.25) is 5.91 Å². The van der Waals surface area contributed by atoms with Crippen molar-refractivity contribution >= 4 is 22.9 Å². The number of fused-ring (bicyclic) bond motifs is 4. The summed E-state index contributed by atoms with van der Waals surface area (Å²) in [6.45, 7) is 1.84. The highest BCUT2D eigenvalue weighted by Crippen LogP contribution is 2.45. The molecule has 7 nitrogen and oxygen atoms in total. The molecular weight excluding hydrogens is 538 g/mol. The maximum Gasteiger partial charge on any atom is 0.408 e. The molecule has 0 spiro atoms. The van der Waals surface area contributed by atoms with Crippen LogP contribution < -0.4 is 5.32 Å². The number of aromatic amines is 1. The largest absolute Gasteiger partial charge is 0.465 e. The molecule has 6 rings (SSSR count). The number of nitrogens with zero attached hydrogens (tertiary/aromatic N) is 1. The van der Waals surface area contributed by atoms with E-state index in [4.69, 9.17) is 0 Å². The third kappa shape index (κ3) is 5.28. The van der Waals surface area contributed by atoms with Gasteiger partial charge in [-0.05, 0) is 46.4 Å². The Kier molecular flexibility index (Phi) is 7.74. The summed E-state index contributed by atoms with van der Waals surface area (Å²) in [6, 6.07) is 33.5. The number of aromatic nitrogens is 1. The molecule has 4 N–H and O–H groups in total. The second kappa shape index (κ2) is 11.8. The number of carbonyl (C=O) groups excluding carboxylic acids is 1. The van der Waals surface area contributed by atoms with Gasteiger partial charge in [0.05, 0.1) is 6.61 Å². The molecule has 5 aromatic rings. The summed E-state index contributed by atoms with van der Waals surface area (Å²) >= 11 is 0. The molecule has 1 heterocycles. The number of amides is 2. The van der Waals surface area contributed by atoms with Crippen LogP contribution in [0.1, 0.15) is 41.0 Å². The normalized spacial score (nSPS) is 14.5. The maximum absolute atomic E-state index is 14.3. The first-order valence-corrected chi connectivity index (χ1v) is 14.6. The molecule has 0 saturated carbocycles. The lowest BCUT2D eigenvalue weighted by Crippen LogP contribution is -2.61. The van der Waals surface area contributed by atoms with Crippen molar-refractivity contribution in [3.8, 4) is 11.1 Å². The SMILES string of the molecule is CC(Cc1c[nH]c2ccccc12)(C(=O)NCC(CO)c1ccccc1)N(CC1c2ccccc2-c2ccccc21)C(=O)O. The van der Waals surface area contributed by atoms with Crippen LogP contribution in [0.5, 0.6) is 0 Å². The van der Waals surface area contributed by atoms with E-state index in [-0.39, 0.29) is 38.0 Å². The Morgan fingerprint density at radius 2 is 1.49 bits per heavy atom. The average Bonchev–Trinajstić information content (AvgIpc) is 3.59. The van der Waals surface area contributed by atoms with E-state index in [9.17, 15) is 19.8 Å². The summed E-state index contributed by atoms with van der Waals surface area (Å²) in [6.07, 6.45) is 0.859. The Hall–Kier alpha value is -4.88. The van der Waals surface area contributed by atoms with E-state index in [0.29, 0.717) is 0 Å². The average molecular weight is 574 g/mol. The summed E-state index contributed by atoms with van der Waals surface area (Å²) in [5, 5.41) is 24.9. The molecule has 2 atom stereocenters. The van der Waals surface area contributed by atoms with Gasteiger partial charge < -0.3 is 20.5 Å². The van der Waals surface area contributed by atoms with Crippen molar-refractivity contribution in [2.45, 2.75) is 30.7 Å². The Morgan fingerprint density at radius 3 is 2.14 bits per heavy atom. The van der Waals surface area contributed by atoms with Crippen molar-refractivity contribution in [2.24, 2.45) is 0 Å². The van der Waals surface area contributed by atoms with E-state index < -0.39 is 17.5 Å². The number of H-pyrrole nitrogens is 1. The molecule has 1 aliphatic carbocycles. The molecule has 0 bridgehead atoms. The summed E-state index contributed by atoms with van der Waals surface area (Å²) < 4.78 is 0. The van der Waals surface area contributed by atoms with E-state index in [1.807, 2.05) is 97.2 Å². The zero-order valence-corrected chi connectivity index (χ0v) is 24.0. The van der Waals surface area contributed by atoms with Gasteiger partial charge in [-0.2, -0.15) is 0 Å². The first kappa shape index (κ1) is 28.2. The molecule has 2 amide bonds. The van der Waals surface area contributed by atoms with Crippen LogP contribution in [-0.2, 0) is 11.2 Å². The van der Waals surface area contributed by atoms with Gasteiger partial charge in [0, 0.05) is 48.4 Å². The summed E-state index contributed by atoms with van der Waals surface area (Å²) in [4.78, 5) is 32.0. The molecule has 43 heavy (non-hydrogen) atoms. The minimum Gasteiger partial charge on any atom is -0.465 e. The first-order chi connectivity index (χ1) is 20.9. The molecule has 0 saturated heterocycles. The van der Waals surface area contributed by atoms with Gasteiger partial charge in [-0.25, -0.2) is 4.79 Å². The van der Waals surface area contributed by atoms with Crippen molar-refractivity contribution in [3.05, 3.63) is 132 Å². The molecule has 0 radical (unpaired) electrons. The molecule has 1 aliphatic rings. The van der Waals surface area contributed by atoms with E-state index in [0.717, 1.165) is 44.3 Å². The van der Waals surface area contributed by atoms with Crippen molar-refractivity contribution < 1.29 is 19.8 Å². The highest BCUT2D eigenvalue weighted by molar-refractivity contribution is 5.91. The fraction of sp³-hybridized carbons (Fsp3) is 0.222. The second-order valence-electron chi connectivity index (χ2n) is 11.4. The van der Waals surface area contributed by atoms with Gasteiger partial charge in [-0.15, -0.1) is 0 Å². The van der Waals surface area contributed by atoms with Crippen LogP contribution in [0.25, 0.3) is 22.0 Å². The molecule has 0 fully saturated rings. The van der Waals surface area contributed by atoms with Crippen LogP contribution in [0.4, 0.5) is 4.79 Å². The van der Waals surface area contributed by atoms with Gasteiger partial charge in [0.1, 0.15) is 5.54 Å². The quantitative estimate of drug-likeness (QED) is 0.161. The smallest absolute Gasteiger partial charge is 0.408 e. The maximum atomic E-state index is 14.3. The molecule has 2 unspecified atom stereocenters. The van der Waals surface area contributed by atoms with Gasteiger partial charge in [-0.3, -0.25) is 9.69 Å². The number of rotatable bonds is 10. The van der Waals surface area contributed by atoms with Crippen molar-refractivity contribution in [3.63, 3.8) is 0 Å². The Balaban J connectivity index is 1.37. The lowest BCUT2D eigenvalue weighted by molar-refractivity contribution is -0.131. The standard InChI is InChI=1S/C36H35N3O4/c1-36(19-25-20-37-33-18-10-9-13-27(25)33,34(41)38-21-26(23-40)24-11-3-2-4-12-24)39(35(42)43)22-32-30-16-7-5-14-28(30)29-15-6-8-17-31(29)32/h2-18,20,26,32,37,40H,19,21-23H2,1H3,(H,38,41)(H,42,43). The number of nitrogens with one attached hydrogen (secondary N) is 2. The van der Waals surface area contributed by atoms with E-state index in [1.165, 1.54) is 4.90 Å². The Morgan fingerprint density at radius 1 is 0.884 bits per heavy atom. The van der Waals surface area contributed by atoms with Crippen molar-refractivity contribution in [1.82, 2.24) is 15.2 Å². The Bertz CT molecular complexity index is 1720. The summed E-state index contributed by atoms with van der Waals surface area (Å²) in [5.74, 6) is -0.961. The third-order valence-corrected chi connectivity index (χ3v) is 8.85. The van der Waals surface area contributed by atoms with Crippen LogP contribution in [0.15, 0.2) is 109 Å². The Labute approximate surface area is 250 Å². The summed E-state index contributed by atoms with van der Waals surface area (Å²) in [5.41, 5.74) is 5.50. The van der Waals surface area contributed by atoms with Gasteiger partial charge in [0.15, 0.2) is 0 Å². The number of carboxylic acid groups (broad SMARTS) is 1. The number of aliphatic hydroxyl groups is 1. The number of aliphatic hydroxyl groups excluding tert-OH is 1. The molecule has 0 aliphatic heterocycles. The van der Waals surface area contributed by atoms with E-state index >= 15 is 0 Å². The fourth-order valence-corrected chi connectivity index (χ4v) is 6.50. The van der Waals surface area contributed by atoms with Crippen LogP contribution in [0, 0.1) is 0 Å². The van der Waals surface area contributed by atoms with Crippen LogP contribution in [0.2, 0.25) is 0 Å². The number of benzene rings is 4. The van der Waals surface area contributed by atoms with Crippen LogP contribution in [-0.4, -0.2) is 57.3 Å². The predicted octanol–water partition coefficient (Wildman–Crippen LogP) is 6.15. The zero-order valence-electron chi connectivity index (χ0n) is 24.0. The van der Waals surface area contributed by atoms with Gasteiger partial charge in [0.25, 0.3) is 0 Å². The molecular formula is C36H35N3O4. The monoisotopic (exact) mass is 573 g/mol. The highest BCUT2D eigenvalue weighted by atomic mass is 16.4. The van der Waals surface area contributed by atoms with Crippen molar-refractivity contribution in [1.29, 1.82) is 0 Å². The lowest BCUT2D eigenvalue weighted by atomic mass is 9.87. The fourth-order valence-electron chi connectivity index (χ4n) is 6.50. The van der Waals surface area contributed by atoms with Crippen molar-refractivity contribution in [2.75, 3.05) is 19.7 Å².